The number of carbonyl (C=O) groups is 1. The van der Waals surface area contributed by atoms with Crippen LogP contribution in [0.25, 0.3) is 0 Å². The van der Waals surface area contributed by atoms with Gasteiger partial charge in [-0.05, 0) is 6.42 Å². The summed E-state index contributed by atoms with van der Waals surface area (Å²) in [5.41, 5.74) is 0. The standard InChI is InChI=1S/C12H9F13O2/c1-2-3-4-6(26)27-5-7(13,14)8(15,16)9(17,18)10(19,20)11(21,22)12(23,24)25/h2H,1,3-5H2. The molecule has 0 fully saturated rings. The molecule has 27 heavy (non-hydrogen) atoms. The van der Waals surface area contributed by atoms with Crippen LogP contribution in [-0.2, 0) is 9.53 Å². The quantitative estimate of drug-likeness (QED) is 0.283. The first-order chi connectivity index (χ1) is 11.7. The number of carbonyl (C=O) groups excluding carboxylic acids is 1. The van der Waals surface area contributed by atoms with Crippen molar-refractivity contribution in [1.29, 1.82) is 0 Å². The second-order valence-corrected chi connectivity index (χ2v) is 4.99. The molecule has 0 atom stereocenters. The van der Waals surface area contributed by atoms with E-state index >= 15 is 0 Å². The largest absolute Gasteiger partial charge is 0.460 e. The van der Waals surface area contributed by atoms with Crippen molar-refractivity contribution >= 4 is 5.97 Å². The summed E-state index contributed by atoms with van der Waals surface area (Å²) in [5.74, 6) is -39.2. The van der Waals surface area contributed by atoms with Gasteiger partial charge in [-0.1, -0.05) is 6.08 Å². The molecule has 0 heterocycles. The number of hydrogen-bond donors (Lipinski definition) is 0. The second kappa shape index (κ2) is 7.37. The molecule has 0 saturated carbocycles. The van der Waals surface area contributed by atoms with Gasteiger partial charge in [0.1, 0.15) is 0 Å². The highest BCUT2D eigenvalue weighted by Crippen LogP contribution is 2.60. The highest BCUT2D eigenvalue weighted by molar-refractivity contribution is 5.69. The molecule has 0 bridgehead atoms. The van der Waals surface area contributed by atoms with Crippen molar-refractivity contribution in [3.63, 3.8) is 0 Å². The first-order valence-electron chi connectivity index (χ1n) is 6.43. The summed E-state index contributed by atoms with van der Waals surface area (Å²) in [4.78, 5) is 10.9. The molecule has 0 aliphatic carbocycles. The van der Waals surface area contributed by atoms with Crippen LogP contribution in [-0.4, -0.2) is 48.4 Å². The number of allylic oxidation sites excluding steroid dienone is 1. The Bertz CT molecular complexity index is 550. The summed E-state index contributed by atoms with van der Waals surface area (Å²) >= 11 is 0. The fraction of sp³-hybridized carbons (Fsp3) is 0.750. The second-order valence-electron chi connectivity index (χ2n) is 4.99. The van der Waals surface area contributed by atoms with E-state index in [-0.39, 0.29) is 6.42 Å². The van der Waals surface area contributed by atoms with Crippen LogP contribution in [0.5, 0.6) is 0 Å². The van der Waals surface area contributed by atoms with E-state index in [9.17, 15) is 61.9 Å². The van der Waals surface area contributed by atoms with Crippen LogP contribution in [0.1, 0.15) is 12.8 Å². The summed E-state index contributed by atoms with van der Waals surface area (Å²) in [5, 5.41) is 0. The Labute approximate surface area is 141 Å². The van der Waals surface area contributed by atoms with Gasteiger partial charge in [-0.2, -0.15) is 57.1 Å². The molecule has 0 aliphatic heterocycles. The minimum atomic E-state index is -7.97. The van der Waals surface area contributed by atoms with Gasteiger partial charge in [0.15, 0.2) is 6.61 Å². The van der Waals surface area contributed by atoms with Crippen LogP contribution < -0.4 is 0 Å². The first kappa shape index (κ1) is 25.3. The molecule has 0 amide bonds. The smallest absolute Gasteiger partial charge is 0.459 e. The Morgan fingerprint density at radius 3 is 1.52 bits per heavy atom. The number of esters is 1. The van der Waals surface area contributed by atoms with Crippen LogP contribution in [0, 0.1) is 0 Å². The summed E-state index contributed by atoms with van der Waals surface area (Å²) in [6.45, 7) is 0.0747. The first-order valence-corrected chi connectivity index (χ1v) is 6.43. The summed E-state index contributed by atoms with van der Waals surface area (Å²) in [6.07, 6.45) is -7.49. The minimum Gasteiger partial charge on any atom is -0.459 e. The maximum atomic E-state index is 13.2. The molecule has 0 unspecified atom stereocenters. The van der Waals surface area contributed by atoms with E-state index in [1.165, 1.54) is 0 Å². The molecule has 15 heteroatoms. The van der Waals surface area contributed by atoms with Crippen LogP contribution in [0.15, 0.2) is 12.7 Å². The number of hydrogen-bond acceptors (Lipinski definition) is 2. The van der Waals surface area contributed by atoms with Crippen molar-refractivity contribution in [2.24, 2.45) is 0 Å². The Kier molecular flexibility index (Phi) is 6.91. The zero-order chi connectivity index (χ0) is 22.1. The van der Waals surface area contributed by atoms with Gasteiger partial charge in [0.25, 0.3) is 0 Å². The molecule has 160 valence electrons. The lowest BCUT2D eigenvalue weighted by Crippen LogP contribution is -2.70. The van der Waals surface area contributed by atoms with Gasteiger partial charge in [-0.15, -0.1) is 6.58 Å². The Balaban J connectivity index is 5.80. The fourth-order valence-electron chi connectivity index (χ4n) is 1.36. The normalized spacial score (nSPS) is 14.9. The van der Waals surface area contributed by atoms with Crippen molar-refractivity contribution in [2.45, 2.75) is 48.6 Å². The van der Waals surface area contributed by atoms with E-state index in [4.69, 9.17) is 0 Å². The molecular formula is C12H9F13O2. The van der Waals surface area contributed by atoms with Crippen LogP contribution in [0.2, 0.25) is 0 Å². The molecule has 0 aromatic carbocycles. The van der Waals surface area contributed by atoms with Gasteiger partial charge in [-0.25, -0.2) is 0 Å². The fourth-order valence-corrected chi connectivity index (χ4v) is 1.36. The third kappa shape index (κ3) is 4.25. The van der Waals surface area contributed by atoms with Gasteiger partial charge in [-0.3, -0.25) is 4.79 Å². The Morgan fingerprint density at radius 2 is 1.15 bits per heavy atom. The zero-order valence-electron chi connectivity index (χ0n) is 12.6. The molecule has 0 rings (SSSR count). The third-order valence-corrected chi connectivity index (χ3v) is 2.97. The molecule has 0 N–H and O–H groups in total. The van der Waals surface area contributed by atoms with Gasteiger partial charge in [0.05, 0.1) is 0 Å². The van der Waals surface area contributed by atoms with E-state index < -0.39 is 54.8 Å². The maximum absolute atomic E-state index is 13.2. The van der Waals surface area contributed by atoms with Gasteiger partial charge >= 0.3 is 41.8 Å². The third-order valence-electron chi connectivity index (χ3n) is 2.97. The predicted octanol–water partition coefficient (Wildman–Crippen LogP) is 5.23. The summed E-state index contributed by atoms with van der Waals surface area (Å²) in [7, 11) is 0. The lowest BCUT2D eigenvalue weighted by molar-refractivity contribution is -0.441. The van der Waals surface area contributed by atoms with E-state index in [0.717, 1.165) is 6.08 Å². The summed E-state index contributed by atoms with van der Waals surface area (Å²) in [6, 6.07) is 0. The average molecular weight is 432 g/mol. The summed E-state index contributed by atoms with van der Waals surface area (Å²) < 4.78 is 169. The lowest BCUT2D eigenvalue weighted by Gasteiger charge is -2.39. The van der Waals surface area contributed by atoms with Crippen molar-refractivity contribution in [3.05, 3.63) is 12.7 Å². The van der Waals surface area contributed by atoms with E-state index in [1.54, 1.807) is 0 Å². The molecule has 0 radical (unpaired) electrons. The van der Waals surface area contributed by atoms with Gasteiger partial charge < -0.3 is 4.74 Å². The molecule has 0 aromatic rings. The number of ether oxygens (including phenoxy) is 1. The van der Waals surface area contributed by atoms with E-state index in [2.05, 4.69) is 11.3 Å². The van der Waals surface area contributed by atoms with Gasteiger partial charge in [0, 0.05) is 6.42 Å². The minimum absolute atomic E-state index is 0.257. The maximum Gasteiger partial charge on any atom is 0.460 e. The topological polar surface area (TPSA) is 26.3 Å². The monoisotopic (exact) mass is 432 g/mol. The molecule has 0 spiro atoms. The molecule has 0 saturated heterocycles. The highest BCUT2D eigenvalue weighted by atomic mass is 19.4. The molecule has 0 aliphatic rings. The zero-order valence-corrected chi connectivity index (χ0v) is 12.6. The highest BCUT2D eigenvalue weighted by Gasteiger charge is 2.90. The Hall–Kier alpha value is -1.70. The SMILES string of the molecule is C=CCCC(=O)OCC(F)(F)C(F)(F)C(F)(F)C(F)(F)C(F)(F)C(F)(F)F. The van der Waals surface area contributed by atoms with Crippen LogP contribution in [0.3, 0.4) is 0 Å². The van der Waals surface area contributed by atoms with E-state index in [0.29, 0.717) is 0 Å². The number of rotatable bonds is 9. The van der Waals surface area contributed by atoms with Gasteiger partial charge in [0.2, 0.25) is 0 Å². The molecule has 0 aromatic heterocycles. The molecular weight excluding hydrogens is 423 g/mol. The van der Waals surface area contributed by atoms with Crippen LogP contribution in [0.4, 0.5) is 57.1 Å². The number of halogens is 13. The van der Waals surface area contributed by atoms with Crippen LogP contribution >= 0.6 is 0 Å². The van der Waals surface area contributed by atoms with Crippen molar-refractivity contribution in [1.82, 2.24) is 0 Å². The number of alkyl halides is 13. The predicted molar refractivity (Wildman–Crippen MR) is 61.2 cm³/mol. The lowest BCUT2D eigenvalue weighted by atomic mass is 9.94. The van der Waals surface area contributed by atoms with Crippen molar-refractivity contribution in [3.8, 4) is 0 Å². The Morgan fingerprint density at radius 1 is 0.741 bits per heavy atom. The molecule has 2 nitrogen and oxygen atoms in total. The van der Waals surface area contributed by atoms with E-state index in [1.807, 2.05) is 0 Å². The average Bonchev–Trinajstić information content (AvgIpc) is 2.49. The van der Waals surface area contributed by atoms with Crippen molar-refractivity contribution in [2.75, 3.05) is 6.61 Å². The van der Waals surface area contributed by atoms with Crippen molar-refractivity contribution < 1.29 is 66.6 Å².